The van der Waals surface area contributed by atoms with Crippen LogP contribution in [0.5, 0.6) is 0 Å². The topological polar surface area (TPSA) is 108 Å². The van der Waals surface area contributed by atoms with E-state index < -0.39 is 57.1 Å². The Morgan fingerprint density at radius 3 is 2.31 bits per heavy atom. The SMILES string of the molecule is CC(C)n1cnc2cc(-c3cc4c(nc3F)C(C)(C)C(=O)N4C3CC(C)(N4CCCCC4)C3)nc(Nc3cc(C(=O)NC4(C(F)F)CC4)c(Cl)c(F)c3F)c21. The van der Waals surface area contributed by atoms with Crippen LogP contribution in [-0.2, 0) is 10.2 Å². The number of amides is 2. The minimum absolute atomic E-state index is 0.0207. The quantitative estimate of drug-likeness (QED) is 0.0997. The highest BCUT2D eigenvalue weighted by molar-refractivity contribution is 6.34. The molecule has 4 aliphatic rings. The zero-order valence-electron chi connectivity index (χ0n) is 31.2. The summed E-state index contributed by atoms with van der Waals surface area (Å²) in [5.74, 6) is -5.24. The standard InChI is InChI=1S/C39H42ClF5N8O2/c1-19(2)52-18-46-25-15-23(47-33(30(25)52)48-24-13-22(27(40)29(42)28(24)41)34(54)50-39(9-10-39)35(44)45)21-14-26-31(49-32(21)43)37(3,4)36(55)53(26)20-16-38(5,17-20)51-11-7-6-8-12-51/h13-15,18-20,35H,6-12,16-17H2,1-5H3,(H,47,48)(H,50,54). The van der Waals surface area contributed by atoms with E-state index in [0.717, 1.165) is 44.8 Å². The van der Waals surface area contributed by atoms with Crippen molar-refractivity contribution in [1.29, 1.82) is 0 Å². The molecule has 2 N–H and O–H groups in total. The number of rotatable bonds is 9. The van der Waals surface area contributed by atoms with Crippen molar-refractivity contribution in [1.82, 2.24) is 29.7 Å². The van der Waals surface area contributed by atoms with Crippen LogP contribution in [0.3, 0.4) is 0 Å². The Balaban J connectivity index is 1.19. The van der Waals surface area contributed by atoms with Gasteiger partial charge in [-0.05, 0) is 104 Å². The van der Waals surface area contributed by atoms with E-state index in [1.165, 1.54) is 12.7 Å². The predicted molar refractivity (Wildman–Crippen MR) is 199 cm³/mol. The molecule has 0 bridgehead atoms. The molecule has 8 rings (SSSR count). The first-order chi connectivity index (χ1) is 26.0. The number of halogens is 6. The van der Waals surface area contributed by atoms with Crippen molar-refractivity contribution in [2.45, 2.75) is 115 Å². The number of imidazole rings is 1. The Morgan fingerprint density at radius 1 is 0.982 bits per heavy atom. The van der Waals surface area contributed by atoms with Gasteiger partial charge >= 0.3 is 0 Å². The molecule has 0 unspecified atom stereocenters. The number of pyridine rings is 2. The van der Waals surface area contributed by atoms with Gasteiger partial charge in [0.25, 0.3) is 12.3 Å². The van der Waals surface area contributed by atoms with E-state index in [1.807, 2.05) is 13.8 Å². The number of benzene rings is 1. The Kier molecular flexibility index (Phi) is 8.95. The molecule has 0 spiro atoms. The summed E-state index contributed by atoms with van der Waals surface area (Å²) >= 11 is 6.04. The largest absolute Gasteiger partial charge is 0.341 e. The summed E-state index contributed by atoms with van der Waals surface area (Å²) in [5.41, 5.74) is -2.53. The number of hydrogen-bond acceptors (Lipinski definition) is 7. The molecule has 1 saturated heterocycles. The normalized spacial score (nSPS) is 23.0. The van der Waals surface area contributed by atoms with Crippen LogP contribution in [0.1, 0.15) is 102 Å². The summed E-state index contributed by atoms with van der Waals surface area (Å²) in [4.78, 5) is 44.9. The number of nitrogens with one attached hydrogen (secondary N) is 2. The summed E-state index contributed by atoms with van der Waals surface area (Å²) in [6.45, 7) is 11.5. The Hall–Kier alpha value is -4.37. The molecule has 292 valence electrons. The second-order valence-electron chi connectivity index (χ2n) is 16.5. The maximum absolute atomic E-state index is 16.2. The van der Waals surface area contributed by atoms with Crippen LogP contribution < -0.4 is 15.5 Å². The molecule has 16 heteroatoms. The lowest BCUT2D eigenvalue weighted by atomic mass is 9.71. The molecule has 0 radical (unpaired) electrons. The van der Waals surface area contributed by atoms with Gasteiger partial charge in [0.2, 0.25) is 11.9 Å². The first-order valence-corrected chi connectivity index (χ1v) is 19.1. The number of aromatic nitrogens is 4. The highest BCUT2D eigenvalue weighted by Crippen LogP contribution is 2.50. The summed E-state index contributed by atoms with van der Waals surface area (Å²) in [5, 5.41) is 4.11. The number of alkyl halides is 2. The van der Waals surface area contributed by atoms with Crippen molar-refractivity contribution in [3.63, 3.8) is 0 Å². The third-order valence-corrected chi connectivity index (χ3v) is 12.4. The van der Waals surface area contributed by atoms with E-state index in [-0.39, 0.29) is 53.4 Å². The highest BCUT2D eigenvalue weighted by Gasteiger charge is 2.55. The molecule has 1 aromatic carbocycles. The van der Waals surface area contributed by atoms with Crippen LogP contribution in [0, 0.1) is 17.6 Å². The molecule has 2 saturated carbocycles. The second-order valence-corrected chi connectivity index (χ2v) is 16.9. The number of hydrogen-bond donors (Lipinski definition) is 2. The Morgan fingerprint density at radius 2 is 1.67 bits per heavy atom. The summed E-state index contributed by atoms with van der Waals surface area (Å²) in [6.07, 6.45) is 3.73. The zero-order valence-corrected chi connectivity index (χ0v) is 31.9. The van der Waals surface area contributed by atoms with Gasteiger partial charge in [-0.1, -0.05) is 18.0 Å². The van der Waals surface area contributed by atoms with Crippen LogP contribution >= 0.6 is 11.6 Å². The third-order valence-electron chi connectivity index (χ3n) is 12.0. The van der Waals surface area contributed by atoms with Crippen molar-refractivity contribution in [3.8, 4) is 11.3 Å². The van der Waals surface area contributed by atoms with Crippen LogP contribution in [0.15, 0.2) is 24.5 Å². The zero-order chi connectivity index (χ0) is 39.4. The van der Waals surface area contributed by atoms with Gasteiger partial charge in [-0.25, -0.2) is 32.5 Å². The fourth-order valence-corrected chi connectivity index (χ4v) is 8.72. The van der Waals surface area contributed by atoms with E-state index >= 15 is 13.2 Å². The molecular formula is C39H42ClF5N8O2. The van der Waals surface area contributed by atoms with Crippen molar-refractivity contribution < 1.29 is 31.5 Å². The molecule has 55 heavy (non-hydrogen) atoms. The summed E-state index contributed by atoms with van der Waals surface area (Å²) in [6, 6.07) is 3.74. The average Bonchev–Trinajstić information content (AvgIpc) is 3.74. The minimum Gasteiger partial charge on any atom is -0.341 e. The average molecular weight is 785 g/mol. The summed E-state index contributed by atoms with van der Waals surface area (Å²) < 4.78 is 76.1. The lowest BCUT2D eigenvalue weighted by molar-refractivity contribution is -0.123. The fourth-order valence-electron chi connectivity index (χ4n) is 8.50. The van der Waals surface area contributed by atoms with Crippen LogP contribution in [0.25, 0.3) is 22.3 Å². The molecule has 2 amide bonds. The molecule has 10 nitrogen and oxygen atoms in total. The van der Waals surface area contributed by atoms with Crippen molar-refractivity contribution in [2.24, 2.45) is 0 Å². The molecule has 2 aliphatic heterocycles. The first-order valence-electron chi connectivity index (χ1n) is 18.7. The maximum atomic E-state index is 16.2. The van der Waals surface area contributed by atoms with E-state index in [9.17, 15) is 18.4 Å². The van der Waals surface area contributed by atoms with Crippen LogP contribution in [-0.4, -0.2) is 72.9 Å². The number of nitrogens with zero attached hydrogens (tertiary/aromatic N) is 6. The minimum atomic E-state index is -2.87. The Labute approximate surface area is 319 Å². The van der Waals surface area contributed by atoms with E-state index in [0.29, 0.717) is 22.4 Å². The molecular weight excluding hydrogens is 743 g/mol. The van der Waals surface area contributed by atoms with Crippen molar-refractivity contribution in [3.05, 3.63) is 58.4 Å². The van der Waals surface area contributed by atoms with Crippen LogP contribution in [0.4, 0.5) is 39.1 Å². The van der Waals surface area contributed by atoms with Gasteiger partial charge in [0.05, 0.1) is 56.2 Å². The number of anilines is 3. The Bertz CT molecular complexity index is 2240. The van der Waals surface area contributed by atoms with Crippen molar-refractivity contribution >= 4 is 51.6 Å². The molecule has 5 heterocycles. The van der Waals surface area contributed by atoms with Gasteiger partial charge < -0.3 is 20.1 Å². The van der Waals surface area contributed by atoms with Gasteiger partial charge in [0.1, 0.15) is 11.1 Å². The first kappa shape index (κ1) is 37.5. The second kappa shape index (κ2) is 13.1. The van der Waals surface area contributed by atoms with Crippen LogP contribution in [0.2, 0.25) is 5.02 Å². The summed E-state index contributed by atoms with van der Waals surface area (Å²) in [7, 11) is 0. The number of piperidine rings is 1. The van der Waals surface area contributed by atoms with Gasteiger partial charge in [0, 0.05) is 17.6 Å². The molecule has 2 aliphatic carbocycles. The number of carbonyl (C=O) groups excluding carboxylic acids is 2. The van der Waals surface area contributed by atoms with Gasteiger partial charge in [-0.15, -0.1) is 0 Å². The molecule has 4 aromatic rings. The van der Waals surface area contributed by atoms with E-state index in [1.54, 1.807) is 35.4 Å². The number of likely N-dealkylation sites (tertiary alicyclic amines) is 1. The highest BCUT2D eigenvalue weighted by atomic mass is 35.5. The lowest BCUT2D eigenvalue weighted by Gasteiger charge is -2.55. The predicted octanol–water partition coefficient (Wildman–Crippen LogP) is 8.45. The van der Waals surface area contributed by atoms with E-state index in [2.05, 4.69) is 37.4 Å². The monoisotopic (exact) mass is 784 g/mol. The lowest BCUT2D eigenvalue weighted by Crippen LogP contribution is -2.64. The maximum Gasteiger partial charge on any atom is 0.261 e. The molecule has 0 atom stereocenters. The van der Waals surface area contributed by atoms with Crippen molar-refractivity contribution in [2.75, 3.05) is 23.3 Å². The smallest absolute Gasteiger partial charge is 0.261 e. The third kappa shape index (κ3) is 6.03. The number of carbonyl (C=O) groups is 2. The van der Waals surface area contributed by atoms with E-state index in [4.69, 9.17) is 11.6 Å². The van der Waals surface area contributed by atoms with Gasteiger partial charge in [-0.2, -0.15) is 4.39 Å². The van der Waals surface area contributed by atoms with Gasteiger partial charge in [-0.3, -0.25) is 14.5 Å². The molecule has 3 aromatic heterocycles. The van der Waals surface area contributed by atoms with Gasteiger partial charge in [0.15, 0.2) is 17.5 Å². The number of fused-ring (bicyclic) bond motifs is 2. The molecule has 3 fully saturated rings. The fraction of sp³-hybridized carbons (Fsp3) is 0.513.